The van der Waals surface area contributed by atoms with Crippen LogP contribution in [0.2, 0.25) is 0 Å². The van der Waals surface area contributed by atoms with Crippen LogP contribution in [-0.2, 0) is 16.0 Å². The van der Waals surface area contributed by atoms with Crippen LogP contribution in [0.25, 0.3) is 0 Å². The molecular formula is C17H18N2O4S. The number of carboxylic acid groups (broad SMARTS) is 1. The summed E-state index contributed by atoms with van der Waals surface area (Å²) in [6.07, 6.45) is 0.174. The zero-order chi connectivity index (χ0) is 17.5. The van der Waals surface area contributed by atoms with E-state index in [0.29, 0.717) is 4.88 Å². The smallest absolute Gasteiger partial charge is 0.326 e. The lowest BCUT2D eigenvalue weighted by molar-refractivity contribution is -0.142. The molecule has 7 heteroatoms. The van der Waals surface area contributed by atoms with Gasteiger partial charge in [0.2, 0.25) is 5.91 Å². The molecule has 0 bridgehead atoms. The van der Waals surface area contributed by atoms with Crippen molar-refractivity contribution in [2.24, 2.45) is 0 Å². The van der Waals surface area contributed by atoms with Gasteiger partial charge in [-0.2, -0.15) is 0 Å². The minimum Gasteiger partial charge on any atom is -0.480 e. The molecule has 0 unspecified atom stereocenters. The molecule has 0 fully saturated rings. The second kappa shape index (κ2) is 8.26. The minimum absolute atomic E-state index is 0.174. The number of hydrogen-bond acceptors (Lipinski definition) is 4. The highest BCUT2D eigenvalue weighted by molar-refractivity contribution is 7.12. The van der Waals surface area contributed by atoms with Gasteiger partial charge in [0.25, 0.3) is 5.91 Å². The van der Waals surface area contributed by atoms with E-state index in [9.17, 15) is 19.5 Å². The average Bonchev–Trinajstić information content (AvgIpc) is 3.09. The summed E-state index contributed by atoms with van der Waals surface area (Å²) in [5, 5.41) is 16.1. The third-order valence-electron chi connectivity index (χ3n) is 3.38. The van der Waals surface area contributed by atoms with E-state index >= 15 is 0 Å². The molecule has 24 heavy (non-hydrogen) atoms. The number of aliphatic carboxylic acids is 1. The highest BCUT2D eigenvalue weighted by atomic mass is 32.1. The molecule has 2 atom stereocenters. The zero-order valence-corrected chi connectivity index (χ0v) is 13.9. The molecule has 0 aliphatic carbocycles. The molecule has 0 saturated heterocycles. The fraction of sp³-hybridized carbons (Fsp3) is 0.235. The van der Waals surface area contributed by atoms with Crippen molar-refractivity contribution in [1.82, 2.24) is 10.6 Å². The second-order valence-corrected chi connectivity index (χ2v) is 6.21. The minimum atomic E-state index is -1.12. The van der Waals surface area contributed by atoms with Crippen molar-refractivity contribution in [2.75, 3.05) is 0 Å². The third kappa shape index (κ3) is 4.92. The Morgan fingerprint density at radius 1 is 1.08 bits per heavy atom. The quantitative estimate of drug-likeness (QED) is 0.711. The van der Waals surface area contributed by atoms with E-state index < -0.39 is 24.0 Å². The van der Waals surface area contributed by atoms with E-state index in [1.807, 2.05) is 6.07 Å². The van der Waals surface area contributed by atoms with E-state index in [4.69, 9.17) is 0 Å². The molecule has 0 aliphatic heterocycles. The lowest BCUT2D eigenvalue weighted by Crippen LogP contribution is -2.51. The molecule has 2 aromatic rings. The van der Waals surface area contributed by atoms with Gasteiger partial charge in [-0.05, 0) is 23.9 Å². The molecule has 0 radical (unpaired) electrons. The van der Waals surface area contributed by atoms with Crippen molar-refractivity contribution in [1.29, 1.82) is 0 Å². The molecule has 0 spiro atoms. The summed E-state index contributed by atoms with van der Waals surface area (Å²) in [5.41, 5.74) is 0.806. The topological polar surface area (TPSA) is 95.5 Å². The first kappa shape index (κ1) is 17.7. The Morgan fingerprint density at radius 3 is 2.38 bits per heavy atom. The fourth-order valence-electron chi connectivity index (χ4n) is 2.09. The van der Waals surface area contributed by atoms with Crippen molar-refractivity contribution >= 4 is 29.1 Å². The van der Waals surface area contributed by atoms with Crippen molar-refractivity contribution < 1.29 is 19.5 Å². The number of rotatable bonds is 7. The van der Waals surface area contributed by atoms with Gasteiger partial charge in [-0.15, -0.1) is 11.3 Å². The van der Waals surface area contributed by atoms with Crippen LogP contribution >= 0.6 is 11.3 Å². The SMILES string of the molecule is C[C@@H](NC(=O)c1cccs1)C(=O)N[C@@H](Cc1ccccc1)C(=O)O. The summed E-state index contributed by atoms with van der Waals surface area (Å²) in [4.78, 5) is 36.0. The summed E-state index contributed by atoms with van der Waals surface area (Å²) in [7, 11) is 0. The third-order valence-corrected chi connectivity index (χ3v) is 4.25. The molecule has 1 heterocycles. The van der Waals surface area contributed by atoms with Crippen LogP contribution in [0.3, 0.4) is 0 Å². The normalized spacial score (nSPS) is 12.9. The van der Waals surface area contributed by atoms with Crippen LogP contribution in [0.1, 0.15) is 22.2 Å². The summed E-state index contributed by atoms with van der Waals surface area (Å²) in [6, 6.07) is 10.5. The number of thiophene rings is 1. The molecular weight excluding hydrogens is 328 g/mol. The Bertz CT molecular complexity index is 701. The van der Waals surface area contributed by atoms with Crippen molar-refractivity contribution in [2.45, 2.75) is 25.4 Å². The van der Waals surface area contributed by atoms with E-state index in [1.165, 1.54) is 18.3 Å². The average molecular weight is 346 g/mol. The van der Waals surface area contributed by atoms with Gasteiger partial charge in [-0.1, -0.05) is 36.4 Å². The van der Waals surface area contributed by atoms with Gasteiger partial charge >= 0.3 is 5.97 Å². The Labute approximate surface area is 143 Å². The maximum atomic E-state index is 12.2. The monoisotopic (exact) mass is 346 g/mol. The Morgan fingerprint density at radius 2 is 1.79 bits per heavy atom. The number of hydrogen-bond donors (Lipinski definition) is 3. The van der Waals surface area contributed by atoms with E-state index in [-0.39, 0.29) is 12.3 Å². The maximum Gasteiger partial charge on any atom is 0.326 e. The van der Waals surface area contributed by atoms with Gasteiger partial charge in [0, 0.05) is 6.42 Å². The Balaban J connectivity index is 1.94. The van der Waals surface area contributed by atoms with Crippen LogP contribution in [-0.4, -0.2) is 35.0 Å². The Kier molecular flexibility index (Phi) is 6.08. The predicted octanol–water partition coefficient (Wildman–Crippen LogP) is 1.68. The highest BCUT2D eigenvalue weighted by Crippen LogP contribution is 2.08. The largest absolute Gasteiger partial charge is 0.480 e. The lowest BCUT2D eigenvalue weighted by Gasteiger charge is -2.18. The van der Waals surface area contributed by atoms with E-state index in [1.54, 1.807) is 41.8 Å². The summed E-state index contributed by atoms with van der Waals surface area (Å²) >= 11 is 1.27. The second-order valence-electron chi connectivity index (χ2n) is 5.26. The van der Waals surface area contributed by atoms with Gasteiger partial charge < -0.3 is 15.7 Å². The van der Waals surface area contributed by atoms with Crippen molar-refractivity contribution in [3.05, 3.63) is 58.3 Å². The number of carbonyl (C=O) groups is 3. The van der Waals surface area contributed by atoms with Gasteiger partial charge in [0.1, 0.15) is 12.1 Å². The molecule has 1 aromatic carbocycles. The van der Waals surface area contributed by atoms with Gasteiger partial charge in [-0.25, -0.2) is 4.79 Å². The number of nitrogens with one attached hydrogen (secondary N) is 2. The molecule has 126 valence electrons. The molecule has 6 nitrogen and oxygen atoms in total. The standard InChI is InChI=1S/C17H18N2O4S/c1-11(18-16(21)14-8-5-9-24-14)15(20)19-13(17(22)23)10-12-6-3-2-4-7-12/h2-9,11,13H,10H2,1H3,(H,18,21)(H,19,20)(H,22,23)/t11-,13+/m1/s1. The summed E-state index contributed by atoms with van der Waals surface area (Å²) in [5.74, 6) is -2.02. The first-order valence-corrected chi connectivity index (χ1v) is 8.27. The van der Waals surface area contributed by atoms with Crippen LogP contribution in [0, 0.1) is 0 Å². The first-order valence-electron chi connectivity index (χ1n) is 7.39. The van der Waals surface area contributed by atoms with Crippen LogP contribution in [0.5, 0.6) is 0 Å². The van der Waals surface area contributed by atoms with Crippen molar-refractivity contribution in [3.8, 4) is 0 Å². The highest BCUT2D eigenvalue weighted by Gasteiger charge is 2.24. The molecule has 0 saturated carbocycles. The number of carboxylic acids is 1. The number of amides is 2. The predicted molar refractivity (Wildman–Crippen MR) is 91.0 cm³/mol. The van der Waals surface area contributed by atoms with Crippen LogP contribution < -0.4 is 10.6 Å². The molecule has 0 aliphatic rings. The number of carbonyl (C=O) groups excluding carboxylic acids is 2. The van der Waals surface area contributed by atoms with Crippen LogP contribution in [0.4, 0.5) is 0 Å². The number of benzene rings is 1. The Hall–Kier alpha value is -2.67. The molecule has 1 aromatic heterocycles. The van der Waals surface area contributed by atoms with Crippen molar-refractivity contribution in [3.63, 3.8) is 0 Å². The zero-order valence-electron chi connectivity index (χ0n) is 13.1. The van der Waals surface area contributed by atoms with Gasteiger partial charge in [0.15, 0.2) is 0 Å². The lowest BCUT2D eigenvalue weighted by atomic mass is 10.1. The molecule has 2 rings (SSSR count). The van der Waals surface area contributed by atoms with Gasteiger partial charge in [0.05, 0.1) is 4.88 Å². The maximum absolute atomic E-state index is 12.2. The van der Waals surface area contributed by atoms with E-state index in [2.05, 4.69) is 10.6 Å². The van der Waals surface area contributed by atoms with Gasteiger partial charge in [-0.3, -0.25) is 9.59 Å². The summed E-state index contributed by atoms with van der Waals surface area (Å²) < 4.78 is 0. The first-order chi connectivity index (χ1) is 11.5. The van der Waals surface area contributed by atoms with Crippen LogP contribution in [0.15, 0.2) is 47.8 Å². The fourth-order valence-corrected chi connectivity index (χ4v) is 2.71. The van der Waals surface area contributed by atoms with E-state index in [0.717, 1.165) is 5.56 Å². The summed E-state index contributed by atoms with van der Waals surface area (Å²) in [6.45, 7) is 1.52. The molecule has 3 N–H and O–H groups in total. The molecule has 2 amide bonds.